The number of ether oxygens (including phenoxy) is 2. The standard InChI is InChI=1S/C16H28O2/c1-2-13-3-5-14(6-4-13)15-7-9-16(10-8-15)17-11-12-18-16/h13-15H,2-12H2,1H3. The van der Waals surface area contributed by atoms with Gasteiger partial charge < -0.3 is 9.47 Å². The van der Waals surface area contributed by atoms with Gasteiger partial charge in [0.1, 0.15) is 0 Å². The van der Waals surface area contributed by atoms with E-state index < -0.39 is 0 Å². The van der Waals surface area contributed by atoms with Crippen molar-refractivity contribution in [2.75, 3.05) is 13.2 Å². The average molecular weight is 252 g/mol. The molecule has 18 heavy (non-hydrogen) atoms. The quantitative estimate of drug-likeness (QED) is 0.735. The third-order valence-electron chi connectivity index (χ3n) is 5.74. The van der Waals surface area contributed by atoms with Crippen molar-refractivity contribution in [2.24, 2.45) is 17.8 Å². The van der Waals surface area contributed by atoms with E-state index in [1.165, 1.54) is 44.9 Å². The van der Waals surface area contributed by atoms with Crippen LogP contribution in [0.2, 0.25) is 0 Å². The van der Waals surface area contributed by atoms with Crippen LogP contribution in [0.3, 0.4) is 0 Å². The Morgan fingerprint density at radius 1 is 0.833 bits per heavy atom. The van der Waals surface area contributed by atoms with Crippen molar-refractivity contribution < 1.29 is 9.47 Å². The molecular weight excluding hydrogens is 224 g/mol. The van der Waals surface area contributed by atoms with E-state index >= 15 is 0 Å². The summed E-state index contributed by atoms with van der Waals surface area (Å²) >= 11 is 0. The Bertz CT molecular complexity index is 252. The molecule has 2 saturated carbocycles. The van der Waals surface area contributed by atoms with Crippen molar-refractivity contribution in [1.29, 1.82) is 0 Å². The van der Waals surface area contributed by atoms with Crippen LogP contribution >= 0.6 is 0 Å². The Kier molecular flexibility index (Phi) is 3.95. The lowest BCUT2D eigenvalue weighted by Crippen LogP contribution is -2.37. The zero-order chi connectivity index (χ0) is 12.4. The molecule has 1 heterocycles. The van der Waals surface area contributed by atoms with Crippen LogP contribution < -0.4 is 0 Å². The second-order valence-corrected chi connectivity index (χ2v) is 6.63. The second-order valence-electron chi connectivity index (χ2n) is 6.63. The first-order chi connectivity index (χ1) is 8.81. The fourth-order valence-electron chi connectivity index (χ4n) is 4.40. The molecule has 0 amide bonds. The normalized spacial score (nSPS) is 37.2. The summed E-state index contributed by atoms with van der Waals surface area (Å²) in [4.78, 5) is 0. The molecule has 0 bridgehead atoms. The van der Waals surface area contributed by atoms with Gasteiger partial charge in [-0.1, -0.05) is 26.2 Å². The zero-order valence-electron chi connectivity index (χ0n) is 11.8. The topological polar surface area (TPSA) is 18.5 Å². The van der Waals surface area contributed by atoms with Crippen LogP contribution in [0.1, 0.15) is 64.7 Å². The lowest BCUT2D eigenvalue weighted by Gasteiger charge is -2.40. The van der Waals surface area contributed by atoms with Gasteiger partial charge in [-0.15, -0.1) is 0 Å². The summed E-state index contributed by atoms with van der Waals surface area (Å²) in [5, 5.41) is 0. The van der Waals surface area contributed by atoms with Gasteiger partial charge in [-0.3, -0.25) is 0 Å². The van der Waals surface area contributed by atoms with E-state index in [1.807, 2.05) is 0 Å². The van der Waals surface area contributed by atoms with Crippen molar-refractivity contribution in [3.63, 3.8) is 0 Å². The third-order valence-corrected chi connectivity index (χ3v) is 5.74. The molecule has 0 aromatic rings. The van der Waals surface area contributed by atoms with E-state index in [0.717, 1.165) is 43.8 Å². The van der Waals surface area contributed by atoms with Crippen LogP contribution in [0, 0.1) is 17.8 Å². The van der Waals surface area contributed by atoms with Crippen molar-refractivity contribution in [1.82, 2.24) is 0 Å². The van der Waals surface area contributed by atoms with Gasteiger partial charge in [0.25, 0.3) is 0 Å². The van der Waals surface area contributed by atoms with E-state index in [4.69, 9.17) is 9.47 Å². The highest BCUT2D eigenvalue weighted by Gasteiger charge is 2.42. The summed E-state index contributed by atoms with van der Waals surface area (Å²) in [6.45, 7) is 3.97. The first kappa shape index (κ1) is 12.9. The Morgan fingerprint density at radius 2 is 1.39 bits per heavy atom. The summed E-state index contributed by atoms with van der Waals surface area (Å²) in [5.74, 6) is 2.84. The van der Waals surface area contributed by atoms with Gasteiger partial charge in [0.2, 0.25) is 0 Å². The smallest absolute Gasteiger partial charge is 0.168 e. The monoisotopic (exact) mass is 252 g/mol. The van der Waals surface area contributed by atoms with E-state index in [-0.39, 0.29) is 5.79 Å². The molecule has 0 aromatic carbocycles. The summed E-state index contributed by atoms with van der Waals surface area (Å²) in [6.07, 6.45) is 12.3. The molecule has 0 N–H and O–H groups in total. The van der Waals surface area contributed by atoms with Gasteiger partial charge in [-0.25, -0.2) is 0 Å². The molecule has 3 aliphatic rings. The Labute approximate surface area is 111 Å². The summed E-state index contributed by atoms with van der Waals surface area (Å²) in [5.41, 5.74) is 0. The predicted molar refractivity (Wildman–Crippen MR) is 72.3 cm³/mol. The SMILES string of the molecule is CCC1CCC(C2CCC3(CC2)OCCO3)CC1. The lowest BCUT2D eigenvalue weighted by molar-refractivity contribution is -0.185. The molecule has 2 aliphatic carbocycles. The molecule has 104 valence electrons. The van der Waals surface area contributed by atoms with Gasteiger partial charge in [0.05, 0.1) is 13.2 Å². The van der Waals surface area contributed by atoms with Crippen LogP contribution in [-0.2, 0) is 9.47 Å². The molecule has 1 spiro atoms. The third kappa shape index (κ3) is 2.60. The summed E-state index contributed by atoms with van der Waals surface area (Å²) in [6, 6.07) is 0. The maximum atomic E-state index is 5.83. The minimum absolute atomic E-state index is 0.156. The fraction of sp³-hybridized carbons (Fsp3) is 1.00. The Hall–Kier alpha value is -0.0800. The highest BCUT2D eigenvalue weighted by Crippen LogP contribution is 2.45. The highest BCUT2D eigenvalue weighted by molar-refractivity contribution is 4.86. The largest absolute Gasteiger partial charge is 0.348 e. The van der Waals surface area contributed by atoms with E-state index in [2.05, 4.69) is 6.92 Å². The summed E-state index contributed by atoms with van der Waals surface area (Å²) in [7, 11) is 0. The van der Waals surface area contributed by atoms with E-state index in [9.17, 15) is 0 Å². The van der Waals surface area contributed by atoms with Crippen molar-refractivity contribution in [3.05, 3.63) is 0 Å². The van der Waals surface area contributed by atoms with Gasteiger partial charge in [-0.05, 0) is 43.4 Å². The number of hydrogen-bond acceptors (Lipinski definition) is 2. The molecule has 3 rings (SSSR count). The number of hydrogen-bond donors (Lipinski definition) is 0. The predicted octanol–water partition coefficient (Wildman–Crippen LogP) is 4.14. The molecule has 3 fully saturated rings. The van der Waals surface area contributed by atoms with Crippen molar-refractivity contribution >= 4 is 0 Å². The number of rotatable bonds is 2. The van der Waals surface area contributed by atoms with E-state index in [0.29, 0.717) is 0 Å². The minimum Gasteiger partial charge on any atom is -0.348 e. The van der Waals surface area contributed by atoms with Gasteiger partial charge in [-0.2, -0.15) is 0 Å². The first-order valence-electron chi connectivity index (χ1n) is 8.09. The second kappa shape index (κ2) is 5.50. The fourth-order valence-corrected chi connectivity index (χ4v) is 4.40. The van der Waals surface area contributed by atoms with Crippen LogP contribution in [0.4, 0.5) is 0 Å². The molecule has 0 aromatic heterocycles. The molecule has 1 saturated heterocycles. The molecule has 1 aliphatic heterocycles. The maximum Gasteiger partial charge on any atom is 0.168 e. The van der Waals surface area contributed by atoms with Gasteiger partial charge in [0.15, 0.2) is 5.79 Å². The maximum absolute atomic E-state index is 5.83. The zero-order valence-corrected chi connectivity index (χ0v) is 11.8. The van der Waals surface area contributed by atoms with Gasteiger partial charge >= 0.3 is 0 Å². The molecular formula is C16H28O2. The molecule has 0 radical (unpaired) electrons. The van der Waals surface area contributed by atoms with E-state index in [1.54, 1.807) is 0 Å². The highest BCUT2D eigenvalue weighted by atomic mass is 16.7. The Balaban J connectivity index is 1.48. The van der Waals surface area contributed by atoms with Crippen LogP contribution in [0.15, 0.2) is 0 Å². The molecule has 2 nitrogen and oxygen atoms in total. The lowest BCUT2D eigenvalue weighted by atomic mass is 9.69. The summed E-state index contributed by atoms with van der Waals surface area (Å²) < 4.78 is 11.7. The van der Waals surface area contributed by atoms with Crippen LogP contribution in [0.5, 0.6) is 0 Å². The first-order valence-corrected chi connectivity index (χ1v) is 8.09. The minimum atomic E-state index is -0.156. The molecule has 0 unspecified atom stereocenters. The Morgan fingerprint density at radius 3 is 1.94 bits per heavy atom. The molecule has 2 heteroatoms. The average Bonchev–Trinajstić information content (AvgIpc) is 2.88. The van der Waals surface area contributed by atoms with Crippen molar-refractivity contribution in [3.8, 4) is 0 Å². The van der Waals surface area contributed by atoms with Crippen molar-refractivity contribution in [2.45, 2.75) is 70.5 Å². The van der Waals surface area contributed by atoms with Crippen LogP contribution in [0.25, 0.3) is 0 Å². The van der Waals surface area contributed by atoms with Gasteiger partial charge in [0, 0.05) is 12.8 Å². The molecule has 0 atom stereocenters. The van der Waals surface area contributed by atoms with Crippen LogP contribution in [-0.4, -0.2) is 19.0 Å².